The molecule has 4 rings (SSSR count). The highest BCUT2D eigenvalue weighted by atomic mass is 19.1. The minimum absolute atomic E-state index is 0.214. The molecule has 5 heteroatoms. The summed E-state index contributed by atoms with van der Waals surface area (Å²) in [5, 5.41) is 7.45. The van der Waals surface area contributed by atoms with E-state index in [9.17, 15) is 4.39 Å². The number of aromatic amines is 1. The Balaban J connectivity index is 1.52. The van der Waals surface area contributed by atoms with Crippen molar-refractivity contribution in [2.24, 2.45) is 0 Å². The van der Waals surface area contributed by atoms with Gasteiger partial charge in [0, 0.05) is 42.7 Å². The second-order valence-corrected chi connectivity index (χ2v) is 6.64. The van der Waals surface area contributed by atoms with E-state index in [4.69, 9.17) is 0 Å². The Kier molecular flexibility index (Phi) is 4.57. The van der Waals surface area contributed by atoms with E-state index in [0.717, 1.165) is 49.3 Å². The molecule has 0 spiro atoms. The van der Waals surface area contributed by atoms with Crippen LogP contribution >= 0.6 is 0 Å². The van der Waals surface area contributed by atoms with Crippen molar-refractivity contribution in [1.82, 2.24) is 20.1 Å². The molecule has 1 aromatic carbocycles. The summed E-state index contributed by atoms with van der Waals surface area (Å²) < 4.78 is 13.2. The van der Waals surface area contributed by atoms with Gasteiger partial charge in [0.15, 0.2) is 0 Å². The van der Waals surface area contributed by atoms with Crippen LogP contribution in [0, 0.1) is 5.82 Å². The van der Waals surface area contributed by atoms with Crippen molar-refractivity contribution >= 4 is 0 Å². The molecule has 3 heterocycles. The van der Waals surface area contributed by atoms with Crippen LogP contribution in [0.1, 0.15) is 30.0 Å². The molecule has 0 saturated carbocycles. The van der Waals surface area contributed by atoms with Gasteiger partial charge < -0.3 is 0 Å². The van der Waals surface area contributed by atoms with E-state index in [1.807, 2.05) is 36.8 Å². The molecule has 1 atom stereocenters. The molecular weight excluding hydrogens is 315 g/mol. The molecule has 25 heavy (non-hydrogen) atoms. The average Bonchev–Trinajstić information content (AvgIpc) is 3.13. The van der Waals surface area contributed by atoms with E-state index in [1.54, 1.807) is 0 Å². The van der Waals surface area contributed by atoms with Gasteiger partial charge in [-0.1, -0.05) is 18.2 Å². The van der Waals surface area contributed by atoms with Crippen LogP contribution in [-0.2, 0) is 6.54 Å². The monoisotopic (exact) mass is 336 g/mol. The predicted octanol–water partition coefficient (Wildman–Crippen LogP) is 3.99. The normalized spacial score (nSPS) is 18.4. The van der Waals surface area contributed by atoms with Crippen molar-refractivity contribution in [3.63, 3.8) is 0 Å². The summed E-state index contributed by atoms with van der Waals surface area (Å²) in [6.45, 7) is 3.01. The van der Waals surface area contributed by atoms with E-state index in [-0.39, 0.29) is 5.82 Å². The summed E-state index contributed by atoms with van der Waals surface area (Å²) in [5.74, 6) is 0.196. The van der Waals surface area contributed by atoms with Crippen LogP contribution in [0.2, 0.25) is 0 Å². The Morgan fingerprint density at radius 1 is 1.16 bits per heavy atom. The molecule has 0 aliphatic carbocycles. The molecule has 0 unspecified atom stereocenters. The predicted molar refractivity (Wildman–Crippen MR) is 95.5 cm³/mol. The van der Waals surface area contributed by atoms with Crippen LogP contribution < -0.4 is 0 Å². The number of nitrogens with zero attached hydrogens (tertiary/aromatic N) is 3. The minimum Gasteiger partial charge on any atom is -0.298 e. The highest BCUT2D eigenvalue weighted by Crippen LogP contribution is 2.33. The van der Waals surface area contributed by atoms with Crippen molar-refractivity contribution in [2.45, 2.75) is 25.3 Å². The summed E-state index contributed by atoms with van der Waals surface area (Å²) in [4.78, 5) is 6.68. The fourth-order valence-corrected chi connectivity index (χ4v) is 3.65. The number of rotatable bonds is 4. The van der Waals surface area contributed by atoms with E-state index in [0.29, 0.717) is 5.92 Å². The maximum Gasteiger partial charge on any atom is 0.123 e. The fourth-order valence-electron chi connectivity index (χ4n) is 3.65. The summed E-state index contributed by atoms with van der Waals surface area (Å²) in [6, 6.07) is 10.7. The second-order valence-electron chi connectivity index (χ2n) is 6.64. The van der Waals surface area contributed by atoms with Gasteiger partial charge in [-0.25, -0.2) is 4.39 Å². The van der Waals surface area contributed by atoms with Crippen molar-refractivity contribution in [3.8, 4) is 11.1 Å². The summed E-state index contributed by atoms with van der Waals surface area (Å²) in [7, 11) is 0. The summed E-state index contributed by atoms with van der Waals surface area (Å²) in [6.07, 6.45) is 7.89. The number of aromatic nitrogens is 3. The molecule has 0 radical (unpaired) electrons. The first-order chi connectivity index (χ1) is 12.3. The van der Waals surface area contributed by atoms with Gasteiger partial charge in [0.1, 0.15) is 5.82 Å². The fraction of sp³-hybridized carbons (Fsp3) is 0.300. The maximum absolute atomic E-state index is 13.2. The lowest BCUT2D eigenvalue weighted by Gasteiger charge is -2.32. The Bertz CT molecular complexity index is 813. The van der Waals surface area contributed by atoms with Crippen molar-refractivity contribution in [2.75, 3.05) is 13.1 Å². The lowest BCUT2D eigenvalue weighted by molar-refractivity contribution is 0.198. The lowest BCUT2D eigenvalue weighted by Crippen LogP contribution is -2.34. The Morgan fingerprint density at radius 2 is 2.04 bits per heavy atom. The highest BCUT2D eigenvalue weighted by molar-refractivity contribution is 5.65. The van der Waals surface area contributed by atoms with Crippen molar-refractivity contribution in [1.29, 1.82) is 0 Å². The largest absolute Gasteiger partial charge is 0.298 e. The molecule has 128 valence electrons. The zero-order chi connectivity index (χ0) is 17.1. The quantitative estimate of drug-likeness (QED) is 0.783. The van der Waals surface area contributed by atoms with Crippen LogP contribution in [0.15, 0.2) is 55.0 Å². The molecule has 0 bridgehead atoms. The van der Waals surface area contributed by atoms with Gasteiger partial charge >= 0.3 is 0 Å². The lowest BCUT2D eigenvalue weighted by atomic mass is 9.90. The molecule has 4 nitrogen and oxygen atoms in total. The Hall–Kier alpha value is -2.53. The molecule has 3 aromatic rings. The first kappa shape index (κ1) is 16.0. The third-order valence-electron chi connectivity index (χ3n) is 4.87. The van der Waals surface area contributed by atoms with Crippen molar-refractivity contribution in [3.05, 3.63) is 72.1 Å². The van der Waals surface area contributed by atoms with E-state index in [2.05, 4.69) is 26.1 Å². The zero-order valence-electron chi connectivity index (χ0n) is 14.0. The number of pyridine rings is 1. The van der Waals surface area contributed by atoms with Gasteiger partial charge in [-0.05, 0) is 48.7 Å². The van der Waals surface area contributed by atoms with Crippen LogP contribution in [0.5, 0.6) is 0 Å². The molecule has 1 saturated heterocycles. The van der Waals surface area contributed by atoms with E-state index in [1.165, 1.54) is 17.7 Å². The van der Waals surface area contributed by atoms with Crippen molar-refractivity contribution < 1.29 is 4.39 Å². The van der Waals surface area contributed by atoms with Crippen LogP contribution in [-0.4, -0.2) is 33.2 Å². The van der Waals surface area contributed by atoms with Gasteiger partial charge in [0.25, 0.3) is 0 Å². The van der Waals surface area contributed by atoms with Crippen LogP contribution in [0.25, 0.3) is 11.1 Å². The molecule has 1 aliphatic heterocycles. The van der Waals surface area contributed by atoms with E-state index >= 15 is 0 Å². The van der Waals surface area contributed by atoms with Gasteiger partial charge in [-0.15, -0.1) is 0 Å². The molecule has 1 N–H and O–H groups in total. The van der Waals surface area contributed by atoms with Gasteiger partial charge in [-0.3, -0.25) is 15.0 Å². The van der Waals surface area contributed by atoms with Crippen LogP contribution in [0.4, 0.5) is 4.39 Å². The number of hydrogen-bond donors (Lipinski definition) is 1. The molecule has 0 amide bonds. The number of nitrogens with one attached hydrogen (secondary N) is 1. The van der Waals surface area contributed by atoms with Gasteiger partial charge in [0.05, 0.1) is 6.20 Å². The topological polar surface area (TPSA) is 44.8 Å². The third-order valence-corrected chi connectivity index (χ3v) is 4.87. The zero-order valence-corrected chi connectivity index (χ0v) is 14.0. The second kappa shape index (κ2) is 7.15. The number of benzene rings is 1. The molecule has 1 aliphatic rings. The third kappa shape index (κ3) is 3.61. The first-order valence-corrected chi connectivity index (χ1v) is 8.70. The minimum atomic E-state index is -0.214. The average molecular weight is 336 g/mol. The molecular formula is C20H21FN4. The van der Waals surface area contributed by atoms with Gasteiger partial charge in [0.2, 0.25) is 0 Å². The summed E-state index contributed by atoms with van der Waals surface area (Å²) >= 11 is 0. The Morgan fingerprint density at radius 3 is 2.84 bits per heavy atom. The van der Waals surface area contributed by atoms with Gasteiger partial charge in [-0.2, -0.15) is 5.10 Å². The highest BCUT2D eigenvalue weighted by Gasteiger charge is 2.25. The maximum atomic E-state index is 13.2. The molecule has 2 aromatic heterocycles. The summed E-state index contributed by atoms with van der Waals surface area (Å²) in [5.41, 5.74) is 4.48. The number of hydrogen-bond acceptors (Lipinski definition) is 3. The smallest absolute Gasteiger partial charge is 0.123 e. The number of halogens is 1. The first-order valence-electron chi connectivity index (χ1n) is 8.70. The number of H-pyrrole nitrogens is 1. The number of piperidine rings is 1. The molecule has 1 fully saturated rings. The Labute approximate surface area is 146 Å². The standard InChI is InChI=1S/C20H21FN4/c21-18-7-5-16(6-8-18)19-12-23-24-20(19)17-4-2-10-25(14-17)13-15-3-1-9-22-11-15/h1,3,5-9,11-12,17H,2,4,10,13-14H2,(H,23,24)/t17-/m1/s1. The van der Waals surface area contributed by atoms with Crippen LogP contribution in [0.3, 0.4) is 0 Å². The number of likely N-dealkylation sites (tertiary alicyclic amines) is 1. The SMILES string of the molecule is Fc1ccc(-c2cn[nH]c2[C@@H]2CCCN(Cc3cccnc3)C2)cc1. The van der Waals surface area contributed by atoms with E-state index < -0.39 is 0 Å².